The largest absolute Gasteiger partial charge is 0.326 e. The molecule has 2 atom stereocenters. The quantitative estimate of drug-likeness (QED) is 0.628. The number of imide groups is 1. The Morgan fingerprint density at radius 1 is 1.08 bits per heavy atom. The Bertz CT molecular complexity index is 695. The highest BCUT2D eigenvalue weighted by atomic mass is 16.2. The second kappa shape index (κ2) is 7.85. The first-order valence-corrected chi connectivity index (χ1v) is 9.37. The Morgan fingerprint density at radius 2 is 1.65 bits per heavy atom. The number of benzene rings is 1. The second-order valence-corrected chi connectivity index (χ2v) is 7.41. The maximum Gasteiger partial charge on any atom is 0.233 e. The average molecular weight is 354 g/mol. The molecule has 1 aromatic carbocycles. The average Bonchev–Trinajstić information content (AvgIpc) is 2.87. The van der Waals surface area contributed by atoms with Gasteiger partial charge in [0.2, 0.25) is 17.7 Å². The number of nitrogens with zero attached hydrogens (tertiary/aromatic N) is 1. The number of allylic oxidation sites excluding steroid dienone is 2. The smallest absolute Gasteiger partial charge is 0.233 e. The van der Waals surface area contributed by atoms with Crippen LogP contribution in [0.2, 0.25) is 0 Å². The van der Waals surface area contributed by atoms with Crippen LogP contribution in [0.3, 0.4) is 0 Å². The SMILES string of the molecule is CC(C)c1ccc(NC(=O)CCCN2C(=O)[C@H]3CC=CC[C@H]3C2=O)cc1. The molecule has 1 aliphatic heterocycles. The predicted octanol–water partition coefficient (Wildman–Crippen LogP) is 3.48. The number of carbonyl (C=O) groups is 3. The number of anilines is 1. The van der Waals surface area contributed by atoms with E-state index in [1.54, 1.807) is 0 Å². The summed E-state index contributed by atoms with van der Waals surface area (Å²) >= 11 is 0. The molecular formula is C21H26N2O3. The predicted molar refractivity (Wildman–Crippen MR) is 100 cm³/mol. The van der Waals surface area contributed by atoms with Gasteiger partial charge in [0.15, 0.2) is 0 Å². The third-order valence-electron chi connectivity index (χ3n) is 5.25. The van der Waals surface area contributed by atoms with Crippen LogP contribution in [0.1, 0.15) is 51.0 Å². The Kier molecular flexibility index (Phi) is 5.55. The Morgan fingerprint density at radius 3 is 2.19 bits per heavy atom. The summed E-state index contributed by atoms with van der Waals surface area (Å²) in [6, 6.07) is 7.83. The highest BCUT2D eigenvalue weighted by Crippen LogP contribution is 2.35. The van der Waals surface area contributed by atoms with Gasteiger partial charge in [-0.05, 0) is 42.9 Å². The first-order chi connectivity index (χ1) is 12.5. The fraction of sp³-hybridized carbons (Fsp3) is 0.476. The molecule has 5 heteroatoms. The lowest BCUT2D eigenvalue weighted by Crippen LogP contribution is -2.32. The van der Waals surface area contributed by atoms with Crippen molar-refractivity contribution in [1.29, 1.82) is 0 Å². The summed E-state index contributed by atoms with van der Waals surface area (Å²) in [4.78, 5) is 38.2. The molecule has 0 spiro atoms. The van der Waals surface area contributed by atoms with Crippen LogP contribution in [0.4, 0.5) is 5.69 Å². The van der Waals surface area contributed by atoms with E-state index in [0.29, 0.717) is 31.7 Å². The summed E-state index contributed by atoms with van der Waals surface area (Å²) in [6.45, 7) is 4.58. The van der Waals surface area contributed by atoms with Gasteiger partial charge in [0.05, 0.1) is 11.8 Å². The monoisotopic (exact) mass is 354 g/mol. The van der Waals surface area contributed by atoms with Crippen LogP contribution in [-0.4, -0.2) is 29.2 Å². The number of rotatable bonds is 6. The molecule has 138 valence electrons. The van der Waals surface area contributed by atoms with E-state index in [9.17, 15) is 14.4 Å². The summed E-state index contributed by atoms with van der Waals surface area (Å²) in [5.74, 6) is -0.181. The van der Waals surface area contributed by atoms with Gasteiger partial charge in [-0.3, -0.25) is 19.3 Å². The van der Waals surface area contributed by atoms with E-state index in [4.69, 9.17) is 0 Å². The minimum absolute atomic E-state index is 0.0750. The zero-order valence-electron chi connectivity index (χ0n) is 15.4. The number of hydrogen-bond acceptors (Lipinski definition) is 3. The number of nitrogens with one attached hydrogen (secondary N) is 1. The highest BCUT2D eigenvalue weighted by Gasteiger charge is 2.46. The Hall–Kier alpha value is -2.43. The van der Waals surface area contributed by atoms with Crippen molar-refractivity contribution in [3.05, 3.63) is 42.0 Å². The van der Waals surface area contributed by atoms with Gasteiger partial charge in [0.1, 0.15) is 0 Å². The van der Waals surface area contributed by atoms with Gasteiger partial charge in [0.25, 0.3) is 0 Å². The van der Waals surface area contributed by atoms with Crippen molar-refractivity contribution in [3.63, 3.8) is 0 Å². The maximum absolute atomic E-state index is 12.4. The van der Waals surface area contributed by atoms with E-state index in [-0.39, 0.29) is 36.0 Å². The molecule has 1 fully saturated rings. The van der Waals surface area contributed by atoms with E-state index in [0.717, 1.165) is 5.69 Å². The normalized spacial score (nSPS) is 22.0. The summed E-state index contributed by atoms with van der Waals surface area (Å²) in [6.07, 6.45) is 6.04. The van der Waals surface area contributed by atoms with E-state index in [1.807, 2.05) is 36.4 Å². The maximum atomic E-state index is 12.4. The first-order valence-electron chi connectivity index (χ1n) is 9.37. The minimum atomic E-state index is -0.194. The molecule has 3 amide bonds. The van der Waals surface area contributed by atoms with Crippen LogP contribution in [0.25, 0.3) is 0 Å². The van der Waals surface area contributed by atoms with Crippen molar-refractivity contribution in [1.82, 2.24) is 4.90 Å². The number of fused-ring (bicyclic) bond motifs is 1. The zero-order valence-corrected chi connectivity index (χ0v) is 15.4. The summed E-state index contributed by atoms with van der Waals surface area (Å²) < 4.78 is 0. The molecule has 3 rings (SSSR count). The molecular weight excluding hydrogens is 328 g/mol. The number of likely N-dealkylation sites (tertiary alicyclic amines) is 1. The van der Waals surface area contributed by atoms with Crippen LogP contribution in [0.5, 0.6) is 0 Å². The van der Waals surface area contributed by atoms with Crippen molar-refractivity contribution in [2.24, 2.45) is 11.8 Å². The van der Waals surface area contributed by atoms with Crippen LogP contribution in [-0.2, 0) is 14.4 Å². The number of carbonyl (C=O) groups excluding carboxylic acids is 3. The highest BCUT2D eigenvalue weighted by molar-refractivity contribution is 6.05. The lowest BCUT2D eigenvalue weighted by molar-refractivity contribution is -0.140. The summed E-state index contributed by atoms with van der Waals surface area (Å²) in [5.41, 5.74) is 2.00. The number of amides is 3. The fourth-order valence-corrected chi connectivity index (χ4v) is 3.66. The molecule has 1 aromatic rings. The van der Waals surface area contributed by atoms with E-state index in [1.165, 1.54) is 10.5 Å². The molecule has 1 saturated heterocycles. The van der Waals surface area contributed by atoms with Crippen LogP contribution in [0, 0.1) is 11.8 Å². The van der Waals surface area contributed by atoms with Crippen LogP contribution < -0.4 is 5.32 Å². The van der Waals surface area contributed by atoms with Gasteiger partial charge in [-0.15, -0.1) is 0 Å². The minimum Gasteiger partial charge on any atom is -0.326 e. The molecule has 5 nitrogen and oxygen atoms in total. The number of hydrogen-bond donors (Lipinski definition) is 1. The van der Waals surface area contributed by atoms with Crippen LogP contribution in [0.15, 0.2) is 36.4 Å². The Labute approximate surface area is 154 Å². The molecule has 0 radical (unpaired) electrons. The van der Waals surface area contributed by atoms with Crippen LogP contribution >= 0.6 is 0 Å². The summed E-state index contributed by atoms with van der Waals surface area (Å²) in [7, 11) is 0. The topological polar surface area (TPSA) is 66.5 Å². The Balaban J connectivity index is 1.46. The molecule has 0 unspecified atom stereocenters. The molecule has 1 heterocycles. The molecule has 26 heavy (non-hydrogen) atoms. The van der Waals surface area contributed by atoms with Gasteiger partial charge in [-0.1, -0.05) is 38.1 Å². The first kappa shape index (κ1) is 18.4. The van der Waals surface area contributed by atoms with Crippen molar-refractivity contribution >= 4 is 23.4 Å². The molecule has 1 N–H and O–H groups in total. The molecule has 2 aliphatic rings. The van der Waals surface area contributed by atoms with Gasteiger partial charge >= 0.3 is 0 Å². The van der Waals surface area contributed by atoms with Crippen molar-refractivity contribution < 1.29 is 14.4 Å². The summed E-state index contributed by atoms with van der Waals surface area (Å²) in [5, 5.41) is 2.87. The van der Waals surface area contributed by atoms with Gasteiger partial charge in [-0.2, -0.15) is 0 Å². The molecule has 0 saturated carbocycles. The van der Waals surface area contributed by atoms with E-state index < -0.39 is 0 Å². The van der Waals surface area contributed by atoms with Gasteiger partial charge in [0, 0.05) is 18.7 Å². The third kappa shape index (κ3) is 3.87. The fourth-order valence-electron chi connectivity index (χ4n) is 3.66. The molecule has 1 aliphatic carbocycles. The van der Waals surface area contributed by atoms with Gasteiger partial charge < -0.3 is 5.32 Å². The lowest BCUT2D eigenvalue weighted by atomic mass is 9.85. The van der Waals surface area contributed by atoms with Gasteiger partial charge in [-0.25, -0.2) is 0 Å². The third-order valence-corrected chi connectivity index (χ3v) is 5.25. The van der Waals surface area contributed by atoms with Crippen molar-refractivity contribution in [2.75, 3.05) is 11.9 Å². The lowest BCUT2D eigenvalue weighted by Gasteiger charge is -2.14. The molecule has 0 aromatic heterocycles. The zero-order chi connectivity index (χ0) is 18.7. The van der Waals surface area contributed by atoms with E-state index in [2.05, 4.69) is 19.2 Å². The van der Waals surface area contributed by atoms with Crippen molar-refractivity contribution in [3.8, 4) is 0 Å². The molecule has 0 bridgehead atoms. The van der Waals surface area contributed by atoms with Crippen molar-refractivity contribution in [2.45, 2.75) is 45.4 Å². The second-order valence-electron chi connectivity index (χ2n) is 7.41. The van der Waals surface area contributed by atoms with E-state index >= 15 is 0 Å². The standard InChI is InChI=1S/C21H26N2O3/c1-14(2)15-9-11-16(12-10-15)22-19(24)8-5-13-23-20(25)17-6-3-4-7-18(17)21(23)26/h3-4,9-12,14,17-18H,5-8,13H2,1-2H3,(H,22,24)/t17-,18+.